The Bertz CT molecular complexity index is 783. The van der Waals surface area contributed by atoms with Gasteiger partial charge in [0.05, 0.1) is 17.3 Å². The van der Waals surface area contributed by atoms with Gasteiger partial charge in [-0.3, -0.25) is 4.98 Å². The summed E-state index contributed by atoms with van der Waals surface area (Å²) in [7, 11) is 0. The Morgan fingerprint density at radius 1 is 1.10 bits per heavy atom. The number of nitrogens with two attached hydrogens (primary N) is 1. The molecule has 0 saturated heterocycles. The van der Waals surface area contributed by atoms with E-state index in [2.05, 4.69) is 19.1 Å². The molecule has 0 bridgehead atoms. The van der Waals surface area contributed by atoms with Crippen LogP contribution in [-0.4, -0.2) is 4.98 Å². The number of aromatic nitrogens is 1. The topological polar surface area (TPSA) is 38.9 Å². The van der Waals surface area contributed by atoms with Crippen molar-refractivity contribution in [2.75, 3.05) is 0 Å². The molecule has 3 rings (SSSR count). The number of rotatable bonds is 3. The van der Waals surface area contributed by atoms with Crippen LogP contribution in [0.5, 0.6) is 0 Å². The lowest BCUT2D eigenvalue weighted by Crippen LogP contribution is -2.15. The molecule has 0 spiro atoms. The second kappa shape index (κ2) is 5.84. The number of halogens is 1. The number of benzene rings is 2. The lowest BCUT2D eigenvalue weighted by Gasteiger charge is -2.14. The van der Waals surface area contributed by atoms with E-state index in [-0.39, 0.29) is 6.04 Å². The van der Waals surface area contributed by atoms with Crippen molar-refractivity contribution in [3.8, 4) is 0 Å². The van der Waals surface area contributed by atoms with Gasteiger partial charge in [0, 0.05) is 10.4 Å². The van der Waals surface area contributed by atoms with E-state index in [9.17, 15) is 0 Å². The molecule has 0 radical (unpaired) electrons. The van der Waals surface area contributed by atoms with Crippen molar-refractivity contribution in [3.05, 3.63) is 76.4 Å². The summed E-state index contributed by atoms with van der Waals surface area (Å²) in [5.74, 6) is 0. The van der Waals surface area contributed by atoms with Gasteiger partial charge in [0.2, 0.25) is 0 Å². The highest BCUT2D eigenvalue weighted by atomic mass is 35.5. The average molecular weight is 297 g/mol. The molecule has 3 heteroatoms. The number of fused-ring (bicyclic) bond motifs is 1. The van der Waals surface area contributed by atoms with E-state index < -0.39 is 0 Å². The molecule has 0 aliphatic heterocycles. The summed E-state index contributed by atoms with van der Waals surface area (Å²) in [6, 6.07) is 17.9. The summed E-state index contributed by atoms with van der Waals surface area (Å²) in [6.07, 6.45) is 0.685. The third-order valence-corrected chi connectivity index (χ3v) is 4.09. The zero-order chi connectivity index (χ0) is 14.8. The van der Waals surface area contributed by atoms with Crippen LogP contribution in [0.25, 0.3) is 10.9 Å². The Morgan fingerprint density at radius 3 is 2.62 bits per heavy atom. The summed E-state index contributed by atoms with van der Waals surface area (Å²) in [5.41, 5.74) is 10.5. The Labute approximate surface area is 129 Å². The highest BCUT2D eigenvalue weighted by Gasteiger charge is 2.12. The minimum atomic E-state index is -0.159. The molecule has 2 N–H and O–H groups in total. The standard InChI is InChI=1S/C18H17ClN2/c1-12-10-18(21-17-9-5-3-7-14(12)17)16(20)11-13-6-2-4-8-15(13)19/h2-10,16H,11,20H2,1H3. The van der Waals surface area contributed by atoms with Crippen molar-refractivity contribution in [2.45, 2.75) is 19.4 Å². The lowest BCUT2D eigenvalue weighted by atomic mass is 10.0. The van der Waals surface area contributed by atoms with Crippen LogP contribution in [0.1, 0.15) is 22.9 Å². The molecule has 1 atom stereocenters. The Hall–Kier alpha value is -1.90. The molecule has 1 aromatic heterocycles. The normalized spacial score (nSPS) is 12.5. The summed E-state index contributed by atoms with van der Waals surface area (Å²) in [4.78, 5) is 4.69. The van der Waals surface area contributed by atoms with E-state index in [0.29, 0.717) is 6.42 Å². The van der Waals surface area contributed by atoms with Gasteiger partial charge in [-0.2, -0.15) is 0 Å². The maximum atomic E-state index is 6.33. The first-order valence-electron chi connectivity index (χ1n) is 7.00. The first kappa shape index (κ1) is 14.1. The van der Waals surface area contributed by atoms with E-state index in [1.165, 1.54) is 10.9 Å². The van der Waals surface area contributed by atoms with Gasteiger partial charge in [-0.15, -0.1) is 0 Å². The molecule has 0 aliphatic rings. The molecule has 21 heavy (non-hydrogen) atoms. The van der Waals surface area contributed by atoms with Gasteiger partial charge in [0.15, 0.2) is 0 Å². The van der Waals surface area contributed by atoms with Crippen molar-refractivity contribution in [2.24, 2.45) is 5.73 Å². The molecule has 2 aromatic carbocycles. The lowest BCUT2D eigenvalue weighted by molar-refractivity contribution is 0.699. The van der Waals surface area contributed by atoms with Gasteiger partial charge in [-0.25, -0.2) is 0 Å². The van der Waals surface area contributed by atoms with Crippen LogP contribution in [0.4, 0.5) is 0 Å². The largest absolute Gasteiger partial charge is 0.322 e. The fraction of sp³-hybridized carbons (Fsp3) is 0.167. The summed E-state index contributed by atoms with van der Waals surface area (Å²) in [5, 5.41) is 1.93. The second-order valence-electron chi connectivity index (χ2n) is 5.28. The van der Waals surface area contributed by atoms with E-state index in [1.54, 1.807) is 0 Å². The predicted molar refractivity (Wildman–Crippen MR) is 88.6 cm³/mol. The van der Waals surface area contributed by atoms with Crippen LogP contribution in [-0.2, 0) is 6.42 Å². The highest BCUT2D eigenvalue weighted by Crippen LogP contribution is 2.24. The van der Waals surface area contributed by atoms with Crippen LogP contribution >= 0.6 is 11.6 Å². The number of hydrogen-bond acceptors (Lipinski definition) is 2. The fourth-order valence-electron chi connectivity index (χ4n) is 2.57. The second-order valence-corrected chi connectivity index (χ2v) is 5.69. The van der Waals surface area contributed by atoms with Gasteiger partial charge >= 0.3 is 0 Å². The van der Waals surface area contributed by atoms with Crippen molar-refractivity contribution < 1.29 is 0 Å². The third-order valence-electron chi connectivity index (χ3n) is 3.72. The van der Waals surface area contributed by atoms with Crippen LogP contribution in [0.3, 0.4) is 0 Å². The maximum absolute atomic E-state index is 6.33. The molecular weight excluding hydrogens is 280 g/mol. The van der Waals surface area contributed by atoms with Crippen LogP contribution in [0.15, 0.2) is 54.6 Å². The molecule has 1 unspecified atom stereocenters. The van der Waals surface area contributed by atoms with E-state index >= 15 is 0 Å². The van der Waals surface area contributed by atoms with Gasteiger partial charge in [0.25, 0.3) is 0 Å². The van der Waals surface area contributed by atoms with Gasteiger partial charge in [-0.05, 0) is 42.7 Å². The van der Waals surface area contributed by atoms with Crippen LogP contribution in [0, 0.1) is 6.92 Å². The molecule has 0 fully saturated rings. The average Bonchev–Trinajstić information content (AvgIpc) is 2.49. The first-order valence-corrected chi connectivity index (χ1v) is 7.38. The zero-order valence-corrected chi connectivity index (χ0v) is 12.6. The molecule has 1 heterocycles. The van der Waals surface area contributed by atoms with E-state index in [4.69, 9.17) is 22.3 Å². The zero-order valence-electron chi connectivity index (χ0n) is 11.9. The van der Waals surface area contributed by atoms with E-state index in [0.717, 1.165) is 21.8 Å². The Kier molecular flexibility index (Phi) is 3.91. The molecular formula is C18H17ClN2. The van der Waals surface area contributed by atoms with Crippen molar-refractivity contribution in [3.63, 3.8) is 0 Å². The van der Waals surface area contributed by atoms with Gasteiger partial charge in [-0.1, -0.05) is 48.0 Å². The first-order chi connectivity index (χ1) is 10.1. The quantitative estimate of drug-likeness (QED) is 0.776. The monoisotopic (exact) mass is 296 g/mol. The number of para-hydroxylation sites is 1. The van der Waals surface area contributed by atoms with Gasteiger partial charge in [0.1, 0.15) is 0 Å². The number of nitrogens with zero attached hydrogens (tertiary/aromatic N) is 1. The fourth-order valence-corrected chi connectivity index (χ4v) is 2.78. The summed E-state index contributed by atoms with van der Waals surface area (Å²) >= 11 is 6.21. The number of aryl methyl sites for hydroxylation is 1. The number of hydrogen-bond donors (Lipinski definition) is 1. The van der Waals surface area contributed by atoms with Crippen LogP contribution < -0.4 is 5.73 Å². The minimum absolute atomic E-state index is 0.159. The van der Waals surface area contributed by atoms with Crippen molar-refractivity contribution in [1.29, 1.82) is 0 Å². The third kappa shape index (κ3) is 2.92. The molecule has 106 valence electrons. The SMILES string of the molecule is Cc1cc(C(N)Cc2ccccc2Cl)nc2ccccc12. The Balaban J connectivity index is 1.95. The highest BCUT2D eigenvalue weighted by molar-refractivity contribution is 6.31. The molecule has 2 nitrogen and oxygen atoms in total. The number of pyridine rings is 1. The molecule has 0 saturated carbocycles. The predicted octanol–water partition coefficient (Wildman–Crippen LogP) is 4.44. The molecule has 3 aromatic rings. The molecule has 0 amide bonds. The van der Waals surface area contributed by atoms with Crippen LogP contribution in [0.2, 0.25) is 5.02 Å². The van der Waals surface area contributed by atoms with E-state index in [1.807, 2.05) is 42.5 Å². The smallest absolute Gasteiger partial charge is 0.0708 e. The van der Waals surface area contributed by atoms with Crippen molar-refractivity contribution >= 4 is 22.5 Å². The Morgan fingerprint density at radius 2 is 1.81 bits per heavy atom. The summed E-state index contributed by atoms with van der Waals surface area (Å²) < 4.78 is 0. The minimum Gasteiger partial charge on any atom is -0.322 e. The molecule has 0 aliphatic carbocycles. The summed E-state index contributed by atoms with van der Waals surface area (Å²) in [6.45, 7) is 2.09. The van der Waals surface area contributed by atoms with Crippen molar-refractivity contribution in [1.82, 2.24) is 4.98 Å². The maximum Gasteiger partial charge on any atom is 0.0708 e. The van der Waals surface area contributed by atoms with Gasteiger partial charge < -0.3 is 5.73 Å².